The van der Waals surface area contributed by atoms with E-state index in [2.05, 4.69) is 10.6 Å². The summed E-state index contributed by atoms with van der Waals surface area (Å²) < 4.78 is 42.5. The Morgan fingerprint density at radius 3 is 2.38 bits per heavy atom. The number of nitro benzene ring substituents is 1. The molecule has 0 unspecified atom stereocenters. The normalized spacial score (nSPS) is 10.9. The number of amides is 1. The van der Waals surface area contributed by atoms with Crippen LogP contribution in [0.5, 0.6) is 5.75 Å². The van der Waals surface area contributed by atoms with Crippen LogP contribution in [0.4, 0.5) is 30.2 Å². The molecule has 0 fully saturated rings. The van der Waals surface area contributed by atoms with Gasteiger partial charge in [0, 0.05) is 17.8 Å². The van der Waals surface area contributed by atoms with Crippen LogP contribution in [0, 0.1) is 10.1 Å². The minimum atomic E-state index is -4.46. The van der Waals surface area contributed by atoms with Crippen LogP contribution in [0.2, 0.25) is 0 Å². The molecule has 7 nitrogen and oxygen atoms in total. The van der Waals surface area contributed by atoms with Gasteiger partial charge in [-0.2, -0.15) is 13.2 Å². The number of non-ortho nitro benzene ring substituents is 1. The fourth-order valence-electron chi connectivity index (χ4n) is 2.07. The van der Waals surface area contributed by atoms with Crippen LogP contribution in [0.25, 0.3) is 0 Å². The summed E-state index contributed by atoms with van der Waals surface area (Å²) in [5, 5.41) is 15.9. The zero-order valence-electron chi connectivity index (χ0n) is 13.5. The Hall–Kier alpha value is -3.30. The van der Waals surface area contributed by atoms with E-state index in [0.717, 1.165) is 24.3 Å². The number of hydrogen-bond donors (Lipinski definition) is 2. The molecule has 0 spiro atoms. The van der Waals surface area contributed by atoms with E-state index in [0.29, 0.717) is 5.75 Å². The van der Waals surface area contributed by atoms with Crippen LogP contribution in [-0.4, -0.2) is 24.5 Å². The summed E-state index contributed by atoms with van der Waals surface area (Å²) >= 11 is 0. The maximum absolute atomic E-state index is 12.5. The Morgan fingerprint density at radius 1 is 1.19 bits per heavy atom. The lowest BCUT2D eigenvalue weighted by molar-refractivity contribution is -0.384. The molecule has 2 rings (SSSR count). The monoisotopic (exact) mass is 369 g/mol. The quantitative estimate of drug-likeness (QED) is 0.599. The van der Waals surface area contributed by atoms with Crippen molar-refractivity contribution in [3.8, 4) is 5.75 Å². The van der Waals surface area contributed by atoms with E-state index in [9.17, 15) is 28.1 Å². The van der Waals surface area contributed by atoms with Gasteiger partial charge < -0.3 is 15.4 Å². The molecule has 138 valence electrons. The maximum Gasteiger partial charge on any atom is 0.416 e. The van der Waals surface area contributed by atoms with Gasteiger partial charge in [-0.1, -0.05) is 0 Å². The van der Waals surface area contributed by atoms with Crippen LogP contribution >= 0.6 is 0 Å². The van der Waals surface area contributed by atoms with Gasteiger partial charge >= 0.3 is 6.18 Å². The second-order valence-corrected chi connectivity index (χ2v) is 5.12. The summed E-state index contributed by atoms with van der Waals surface area (Å²) in [6.45, 7) is -0.265. The number of alkyl halides is 3. The van der Waals surface area contributed by atoms with Crippen LogP contribution in [0.3, 0.4) is 0 Å². The smallest absolute Gasteiger partial charge is 0.416 e. The first-order valence-electron chi connectivity index (χ1n) is 7.24. The molecule has 0 atom stereocenters. The number of rotatable bonds is 6. The van der Waals surface area contributed by atoms with Crippen molar-refractivity contribution in [2.45, 2.75) is 6.18 Å². The summed E-state index contributed by atoms with van der Waals surface area (Å²) in [5.74, 6) is -0.240. The van der Waals surface area contributed by atoms with Gasteiger partial charge in [0.2, 0.25) is 5.91 Å². The Morgan fingerprint density at radius 2 is 1.85 bits per heavy atom. The van der Waals surface area contributed by atoms with Crippen molar-refractivity contribution in [2.75, 3.05) is 24.3 Å². The average molecular weight is 369 g/mol. The molecule has 0 aliphatic rings. The van der Waals surface area contributed by atoms with Crippen molar-refractivity contribution in [3.05, 3.63) is 58.1 Å². The highest BCUT2D eigenvalue weighted by Crippen LogP contribution is 2.30. The molecule has 0 heterocycles. The summed E-state index contributed by atoms with van der Waals surface area (Å²) in [7, 11) is 1.37. The first-order valence-corrected chi connectivity index (χ1v) is 7.24. The number of carbonyl (C=O) groups is 1. The van der Waals surface area contributed by atoms with Crippen LogP contribution < -0.4 is 15.4 Å². The molecule has 1 amide bonds. The average Bonchev–Trinajstić information content (AvgIpc) is 2.59. The minimum Gasteiger partial charge on any atom is -0.495 e. The van der Waals surface area contributed by atoms with Crippen molar-refractivity contribution in [1.29, 1.82) is 0 Å². The first-order chi connectivity index (χ1) is 12.2. The standard InChI is InChI=1S/C16H14F3N3O4/c1-26-14-7-6-12(22(24)25)8-13(14)20-9-15(23)21-11-4-2-10(3-5-11)16(17,18)19/h2-8,20H,9H2,1H3,(H,21,23). The molecule has 10 heteroatoms. The zero-order chi connectivity index (χ0) is 19.3. The first kappa shape index (κ1) is 19.0. The Labute approximate surface area is 145 Å². The van der Waals surface area contributed by atoms with Crippen LogP contribution in [0.1, 0.15) is 5.56 Å². The topological polar surface area (TPSA) is 93.5 Å². The van der Waals surface area contributed by atoms with E-state index in [1.807, 2.05) is 0 Å². The van der Waals surface area contributed by atoms with Gasteiger partial charge in [-0.25, -0.2) is 0 Å². The third kappa shape index (κ3) is 4.85. The lowest BCUT2D eigenvalue weighted by atomic mass is 10.2. The van der Waals surface area contributed by atoms with Gasteiger partial charge in [0.1, 0.15) is 5.75 Å². The molecule has 0 aliphatic heterocycles. The molecule has 26 heavy (non-hydrogen) atoms. The highest BCUT2D eigenvalue weighted by atomic mass is 19.4. The fourth-order valence-corrected chi connectivity index (χ4v) is 2.07. The maximum atomic E-state index is 12.5. The number of halogens is 3. The third-order valence-electron chi connectivity index (χ3n) is 3.33. The number of ether oxygens (including phenoxy) is 1. The second kappa shape index (κ2) is 7.72. The van der Waals surface area contributed by atoms with Gasteiger partial charge in [-0.15, -0.1) is 0 Å². The minimum absolute atomic E-state index is 0.184. The van der Waals surface area contributed by atoms with Crippen molar-refractivity contribution in [2.24, 2.45) is 0 Å². The van der Waals surface area contributed by atoms with E-state index in [-0.39, 0.29) is 23.6 Å². The van der Waals surface area contributed by atoms with Gasteiger partial charge in [0.05, 0.1) is 29.8 Å². The summed E-state index contributed by atoms with van der Waals surface area (Å²) in [4.78, 5) is 22.1. The van der Waals surface area contributed by atoms with Gasteiger partial charge in [0.25, 0.3) is 5.69 Å². The van der Waals surface area contributed by atoms with Crippen LogP contribution in [0.15, 0.2) is 42.5 Å². The number of carbonyl (C=O) groups excluding carboxylic acids is 1. The Bertz CT molecular complexity index is 807. The molecule has 2 N–H and O–H groups in total. The van der Waals surface area contributed by atoms with E-state index >= 15 is 0 Å². The predicted molar refractivity (Wildman–Crippen MR) is 88.2 cm³/mol. The number of methoxy groups -OCH3 is 1. The van der Waals surface area contributed by atoms with Crippen LogP contribution in [-0.2, 0) is 11.0 Å². The lowest BCUT2D eigenvalue weighted by Crippen LogP contribution is -2.22. The molecule has 0 aliphatic carbocycles. The van der Waals surface area contributed by atoms with Crippen molar-refractivity contribution < 1.29 is 27.6 Å². The lowest BCUT2D eigenvalue weighted by Gasteiger charge is -2.12. The summed E-state index contributed by atoms with van der Waals surface area (Å²) in [5.41, 5.74) is -0.577. The molecule has 0 saturated carbocycles. The molecule has 0 aromatic heterocycles. The highest BCUT2D eigenvalue weighted by molar-refractivity contribution is 5.94. The van der Waals surface area contributed by atoms with Gasteiger partial charge in [-0.3, -0.25) is 14.9 Å². The van der Waals surface area contributed by atoms with E-state index < -0.39 is 22.6 Å². The summed E-state index contributed by atoms with van der Waals surface area (Å²) in [6.07, 6.45) is -4.46. The van der Waals surface area contributed by atoms with Crippen molar-refractivity contribution >= 4 is 23.0 Å². The summed E-state index contributed by atoms with van der Waals surface area (Å²) in [6, 6.07) is 7.83. The predicted octanol–water partition coefficient (Wildman–Crippen LogP) is 3.67. The Balaban J connectivity index is 2.00. The third-order valence-corrected chi connectivity index (χ3v) is 3.33. The number of benzene rings is 2. The second-order valence-electron chi connectivity index (χ2n) is 5.12. The van der Waals surface area contributed by atoms with Crippen molar-refractivity contribution in [1.82, 2.24) is 0 Å². The largest absolute Gasteiger partial charge is 0.495 e. The number of nitrogens with zero attached hydrogens (tertiary/aromatic N) is 1. The Kier molecular flexibility index (Phi) is 5.65. The molecule has 0 bridgehead atoms. The highest BCUT2D eigenvalue weighted by Gasteiger charge is 2.29. The van der Waals surface area contributed by atoms with E-state index in [4.69, 9.17) is 4.74 Å². The molecule has 0 saturated heterocycles. The van der Waals surface area contributed by atoms with Crippen molar-refractivity contribution in [3.63, 3.8) is 0 Å². The van der Waals surface area contributed by atoms with Gasteiger partial charge in [0.15, 0.2) is 0 Å². The van der Waals surface area contributed by atoms with E-state index in [1.165, 1.54) is 25.3 Å². The number of anilines is 2. The molecular weight excluding hydrogens is 355 g/mol. The zero-order valence-corrected chi connectivity index (χ0v) is 13.5. The van der Waals surface area contributed by atoms with Gasteiger partial charge in [-0.05, 0) is 30.3 Å². The fraction of sp³-hybridized carbons (Fsp3) is 0.188. The number of hydrogen-bond acceptors (Lipinski definition) is 5. The molecule has 2 aromatic carbocycles. The number of nitrogens with one attached hydrogen (secondary N) is 2. The molecule has 2 aromatic rings. The SMILES string of the molecule is COc1ccc([N+](=O)[O-])cc1NCC(=O)Nc1ccc(C(F)(F)F)cc1. The number of nitro groups is 1. The molecular formula is C16H14F3N3O4. The van der Waals surface area contributed by atoms with E-state index in [1.54, 1.807) is 0 Å². The molecule has 0 radical (unpaired) electrons.